The summed E-state index contributed by atoms with van der Waals surface area (Å²) in [6, 6.07) is 12.1. The van der Waals surface area contributed by atoms with Crippen molar-refractivity contribution in [3.8, 4) is 11.3 Å². The zero-order chi connectivity index (χ0) is 18.5. The van der Waals surface area contributed by atoms with Crippen LogP contribution in [0.5, 0.6) is 0 Å². The van der Waals surface area contributed by atoms with Gasteiger partial charge in [-0.2, -0.15) is 0 Å². The van der Waals surface area contributed by atoms with E-state index in [4.69, 9.17) is 0 Å². The predicted octanol–water partition coefficient (Wildman–Crippen LogP) is 4.27. The Hall–Kier alpha value is -2.66. The quantitative estimate of drug-likeness (QED) is 0.636. The zero-order valence-corrected chi connectivity index (χ0v) is 16.0. The third kappa shape index (κ3) is 4.11. The van der Waals surface area contributed by atoms with Crippen LogP contribution in [0.15, 0.2) is 54.4 Å². The number of nitrogens with one attached hydrogen (secondary N) is 1. The van der Waals surface area contributed by atoms with Crippen LogP contribution in [0.4, 0.5) is 0 Å². The Morgan fingerprint density at radius 2 is 2.08 bits per heavy atom. The number of aromatic nitrogens is 2. The maximum atomic E-state index is 12.2. The third-order valence-corrected chi connectivity index (χ3v) is 5.21. The lowest BCUT2D eigenvalue weighted by atomic mass is 10.2. The Balaban J connectivity index is 1.65. The second kappa shape index (κ2) is 8.15. The van der Waals surface area contributed by atoms with Gasteiger partial charge in [0, 0.05) is 35.4 Å². The smallest absolute Gasteiger partial charge is 0.227 e. The fourth-order valence-electron chi connectivity index (χ4n) is 2.98. The van der Waals surface area contributed by atoms with E-state index in [0.29, 0.717) is 13.0 Å². The summed E-state index contributed by atoms with van der Waals surface area (Å²) < 4.78 is 2.22. The number of nitrogens with zero attached hydrogens (tertiary/aromatic N) is 2. The van der Waals surface area contributed by atoms with Crippen molar-refractivity contribution in [1.82, 2.24) is 14.9 Å². The summed E-state index contributed by atoms with van der Waals surface area (Å²) >= 11 is 1.53. The molecule has 2 heterocycles. The van der Waals surface area contributed by atoms with Crippen LogP contribution in [0, 0.1) is 13.8 Å². The molecule has 0 aliphatic heterocycles. The predicted molar refractivity (Wildman–Crippen MR) is 107 cm³/mol. The van der Waals surface area contributed by atoms with Gasteiger partial charge in [0.05, 0.1) is 12.1 Å². The van der Waals surface area contributed by atoms with Gasteiger partial charge in [-0.05, 0) is 25.5 Å². The summed E-state index contributed by atoms with van der Waals surface area (Å²) in [6.07, 6.45) is 2.20. The van der Waals surface area contributed by atoms with Crippen LogP contribution < -0.4 is 5.32 Å². The van der Waals surface area contributed by atoms with E-state index in [2.05, 4.69) is 41.4 Å². The number of thiazole rings is 1. The number of hydrogen-bond donors (Lipinski definition) is 1. The maximum absolute atomic E-state index is 12.2. The molecule has 0 fully saturated rings. The minimum absolute atomic E-state index is 0.00752. The summed E-state index contributed by atoms with van der Waals surface area (Å²) in [5, 5.41) is 5.81. The Bertz CT molecular complexity index is 909. The van der Waals surface area contributed by atoms with E-state index in [1.165, 1.54) is 22.7 Å². The van der Waals surface area contributed by atoms with Crippen molar-refractivity contribution in [2.24, 2.45) is 0 Å². The molecule has 0 saturated carbocycles. The molecule has 0 aliphatic rings. The van der Waals surface area contributed by atoms with Crippen molar-refractivity contribution in [3.63, 3.8) is 0 Å². The van der Waals surface area contributed by atoms with E-state index < -0.39 is 0 Å². The van der Waals surface area contributed by atoms with Gasteiger partial charge in [0.1, 0.15) is 5.01 Å². The summed E-state index contributed by atoms with van der Waals surface area (Å²) in [6.45, 7) is 9.33. The minimum Gasteiger partial charge on any atom is -0.352 e. The molecule has 134 valence electrons. The van der Waals surface area contributed by atoms with Crippen LogP contribution in [0.25, 0.3) is 11.3 Å². The van der Waals surface area contributed by atoms with Crippen LogP contribution in [0.2, 0.25) is 0 Å². The number of aryl methyl sites for hydroxylation is 1. The van der Waals surface area contributed by atoms with Crippen molar-refractivity contribution in [3.05, 3.63) is 76.4 Å². The lowest BCUT2D eigenvalue weighted by molar-refractivity contribution is -0.120. The van der Waals surface area contributed by atoms with Crippen molar-refractivity contribution in [2.45, 2.75) is 33.4 Å². The largest absolute Gasteiger partial charge is 0.352 e. The van der Waals surface area contributed by atoms with Gasteiger partial charge in [-0.3, -0.25) is 4.79 Å². The first-order valence-electron chi connectivity index (χ1n) is 8.61. The summed E-state index contributed by atoms with van der Waals surface area (Å²) in [5.74, 6) is -0.00752. The molecule has 0 unspecified atom stereocenters. The van der Waals surface area contributed by atoms with Crippen LogP contribution in [-0.2, 0) is 24.3 Å². The van der Waals surface area contributed by atoms with Crippen molar-refractivity contribution in [2.75, 3.05) is 0 Å². The van der Waals surface area contributed by atoms with E-state index in [0.717, 1.165) is 28.4 Å². The first-order valence-corrected chi connectivity index (χ1v) is 9.49. The fraction of sp³-hybridized carbons (Fsp3) is 0.238. The Kier molecular flexibility index (Phi) is 5.68. The second-order valence-corrected chi connectivity index (χ2v) is 7.19. The van der Waals surface area contributed by atoms with Crippen molar-refractivity contribution in [1.29, 1.82) is 0 Å². The van der Waals surface area contributed by atoms with E-state index >= 15 is 0 Å². The number of amides is 1. The molecule has 26 heavy (non-hydrogen) atoms. The van der Waals surface area contributed by atoms with E-state index in [1.54, 1.807) is 0 Å². The molecule has 1 N–H and O–H groups in total. The van der Waals surface area contributed by atoms with Gasteiger partial charge in [-0.25, -0.2) is 4.98 Å². The molecule has 3 aromatic rings. The summed E-state index contributed by atoms with van der Waals surface area (Å²) in [5.41, 5.74) is 5.51. The molecule has 0 spiro atoms. The minimum atomic E-state index is -0.00752. The highest BCUT2D eigenvalue weighted by Crippen LogP contribution is 2.28. The average molecular weight is 366 g/mol. The molecule has 4 nitrogen and oxygen atoms in total. The molecule has 0 atom stereocenters. The topological polar surface area (TPSA) is 46.9 Å². The van der Waals surface area contributed by atoms with Gasteiger partial charge in [0.15, 0.2) is 0 Å². The normalized spacial score (nSPS) is 10.7. The Labute approximate surface area is 158 Å². The highest BCUT2D eigenvalue weighted by atomic mass is 32.1. The summed E-state index contributed by atoms with van der Waals surface area (Å²) in [7, 11) is 0. The molecule has 1 aromatic carbocycles. The molecule has 0 aliphatic carbocycles. The van der Waals surface area contributed by atoms with Crippen LogP contribution in [0.3, 0.4) is 0 Å². The molecule has 0 saturated heterocycles. The van der Waals surface area contributed by atoms with Gasteiger partial charge >= 0.3 is 0 Å². The Morgan fingerprint density at radius 1 is 1.31 bits per heavy atom. The van der Waals surface area contributed by atoms with E-state index in [-0.39, 0.29) is 5.91 Å². The molecular weight excluding hydrogens is 342 g/mol. The van der Waals surface area contributed by atoms with E-state index in [9.17, 15) is 4.79 Å². The highest BCUT2D eigenvalue weighted by molar-refractivity contribution is 7.10. The molecule has 0 bridgehead atoms. The van der Waals surface area contributed by atoms with Gasteiger partial charge in [0.2, 0.25) is 5.91 Å². The number of carbonyl (C=O) groups excluding carboxylic acids is 1. The first kappa shape index (κ1) is 18.1. The van der Waals surface area contributed by atoms with Crippen molar-refractivity contribution < 1.29 is 4.79 Å². The van der Waals surface area contributed by atoms with Gasteiger partial charge < -0.3 is 9.88 Å². The van der Waals surface area contributed by atoms with Gasteiger partial charge in [0.25, 0.3) is 0 Å². The standard InChI is InChI=1S/C21H23N3OS/c1-4-10-24-15(2)11-18(16(24)3)19-14-26-21(23-19)12-20(25)22-13-17-8-6-5-7-9-17/h4-9,11,14H,1,10,12-13H2,2-3H3,(H,22,25). The number of carbonyl (C=O) groups is 1. The van der Waals surface area contributed by atoms with Crippen LogP contribution in [0.1, 0.15) is 22.0 Å². The monoisotopic (exact) mass is 365 g/mol. The Morgan fingerprint density at radius 3 is 2.81 bits per heavy atom. The number of hydrogen-bond acceptors (Lipinski definition) is 3. The lowest BCUT2D eigenvalue weighted by Gasteiger charge is -2.05. The second-order valence-electron chi connectivity index (χ2n) is 6.25. The first-order chi connectivity index (χ1) is 12.6. The number of rotatable bonds is 7. The zero-order valence-electron chi connectivity index (χ0n) is 15.2. The molecule has 5 heteroatoms. The van der Waals surface area contributed by atoms with Crippen LogP contribution >= 0.6 is 11.3 Å². The summed E-state index contributed by atoms with van der Waals surface area (Å²) in [4.78, 5) is 16.9. The molecule has 0 radical (unpaired) electrons. The van der Waals surface area contributed by atoms with E-state index in [1.807, 2.05) is 41.8 Å². The number of allylic oxidation sites excluding steroid dienone is 1. The molecule has 1 amide bonds. The van der Waals surface area contributed by atoms with Gasteiger partial charge in [-0.15, -0.1) is 17.9 Å². The lowest BCUT2D eigenvalue weighted by Crippen LogP contribution is -2.24. The van der Waals surface area contributed by atoms with Crippen molar-refractivity contribution >= 4 is 17.2 Å². The maximum Gasteiger partial charge on any atom is 0.227 e. The molecule has 3 rings (SSSR count). The average Bonchev–Trinajstić information content (AvgIpc) is 3.20. The highest BCUT2D eigenvalue weighted by Gasteiger charge is 2.14. The SMILES string of the molecule is C=CCn1c(C)cc(-c2csc(CC(=O)NCc3ccccc3)n2)c1C. The number of benzene rings is 1. The third-order valence-electron chi connectivity index (χ3n) is 4.36. The molecular formula is C21H23N3OS. The molecule has 2 aromatic heterocycles. The van der Waals surface area contributed by atoms with Crippen LogP contribution in [-0.4, -0.2) is 15.5 Å². The van der Waals surface area contributed by atoms with Gasteiger partial charge in [-0.1, -0.05) is 36.4 Å². The fourth-order valence-corrected chi connectivity index (χ4v) is 3.78.